The van der Waals surface area contributed by atoms with Gasteiger partial charge in [-0.1, -0.05) is 0 Å². The quantitative estimate of drug-likeness (QED) is 0.810. The van der Waals surface area contributed by atoms with Gasteiger partial charge >= 0.3 is 0 Å². The van der Waals surface area contributed by atoms with E-state index < -0.39 is 0 Å². The van der Waals surface area contributed by atoms with Crippen molar-refractivity contribution in [2.24, 2.45) is 5.92 Å². The molecule has 0 saturated carbocycles. The summed E-state index contributed by atoms with van der Waals surface area (Å²) in [6.07, 6.45) is 6.36. The number of hydrogen-bond donors (Lipinski definition) is 1. The third-order valence-corrected chi connectivity index (χ3v) is 6.25. The summed E-state index contributed by atoms with van der Waals surface area (Å²) in [5, 5.41) is 3.48. The van der Waals surface area contributed by atoms with E-state index in [1.165, 1.54) is 29.9 Å². The molecule has 8 heteroatoms. The van der Waals surface area contributed by atoms with E-state index in [1.54, 1.807) is 6.33 Å². The Balaban J connectivity index is 0.00000131. The monoisotopic (exact) mass is 417 g/mol. The summed E-state index contributed by atoms with van der Waals surface area (Å²) in [6.45, 7) is 10.7. The highest BCUT2D eigenvalue weighted by molar-refractivity contribution is 5.85. The number of aromatic nitrogens is 2. The van der Waals surface area contributed by atoms with Crippen LogP contribution in [0.3, 0.4) is 0 Å². The van der Waals surface area contributed by atoms with Crippen molar-refractivity contribution in [1.29, 1.82) is 0 Å². The maximum absolute atomic E-state index is 5.51. The Labute approximate surface area is 175 Å². The van der Waals surface area contributed by atoms with Crippen LogP contribution in [-0.2, 0) is 17.6 Å². The molecular weight excluding hydrogens is 385 g/mol. The topological polar surface area (TPSA) is 53.5 Å². The van der Waals surface area contributed by atoms with Gasteiger partial charge in [-0.3, -0.25) is 4.90 Å². The van der Waals surface area contributed by atoms with Crippen LogP contribution in [0.5, 0.6) is 0 Å². The second-order valence-corrected chi connectivity index (χ2v) is 7.59. The molecule has 2 saturated heterocycles. The highest BCUT2D eigenvalue weighted by Gasteiger charge is 2.30. The molecule has 4 heterocycles. The Bertz CT molecular complexity index is 577. The fourth-order valence-electron chi connectivity index (χ4n) is 4.60. The number of nitrogens with one attached hydrogen (secondary N) is 1. The lowest BCUT2D eigenvalue weighted by Crippen LogP contribution is -2.48. The molecule has 27 heavy (non-hydrogen) atoms. The zero-order valence-electron chi connectivity index (χ0n) is 16.2. The predicted molar refractivity (Wildman–Crippen MR) is 114 cm³/mol. The summed E-state index contributed by atoms with van der Waals surface area (Å²) in [7, 11) is 0. The van der Waals surface area contributed by atoms with Crippen molar-refractivity contribution in [2.75, 3.05) is 57.4 Å². The molecule has 3 aliphatic heterocycles. The third-order valence-electron chi connectivity index (χ3n) is 6.25. The Morgan fingerprint density at radius 3 is 2.48 bits per heavy atom. The number of morpholine rings is 1. The van der Waals surface area contributed by atoms with Crippen LogP contribution in [0.1, 0.15) is 31.0 Å². The lowest BCUT2D eigenvalue weighted by atomic mass is 9.89. The maximum Gasteiger partial charge on any atom is 0.135 e. The molecule has 2 fully saturated rings. The van der Waals surface area contributed by atoms with Gasteiger partial charge in [-0.25, -0.2) is 9.97 Å². The molecule has 0 aliphatic carbocycles. The first-order valence-electron chi connectivity index (χ1n) is 9.93. The summed E-state index contributed by atoms with van der Waals surface area (Å²) in [4.78, 5) is 14.3. The molecule has 0 radical (unpaired) electrons. The van der Waals surface area contributed by atoms with E-state index >= 15 is 0 Å². The van der Waals surface area contributed by atoms with Crippen molar-refractivity contribution < 1.29 is 4.74 Å². The molecule has 1 unspecified atom stereocenters. The Morgan fingerprint density at radius 1 is 1.04 bits per heavy atom. The van der Waals surface area contributed by atoms with E-state index in [0.717, 1.165) is 71.2 Å². The van der Waals surface area contributed by atoms with Crippen LogP contribution in [0.25, 0.3) is 0 Å². The normalized spacial score (nSPS) is 22.8. The van der Waals surface area contributed by atoms with Crippen LogP contribution in [0.4, 0.5) is 5.82 Å². The van der Waals surface area contributed by atoms with Gasteiger partial charge in [-0.05, 0) is 38.6 Å². The minimum Gasteiger partial charge on any atom is -0.379 e. The van der Waals surface area contributed by atoms with E-state index in [9.17, 15) is 0 Å². The molecule has 1 atom stereocenters. The fraction of sp³-hybridized carbons (Fsp3) is 0.789. The minimum absolute atomic E-state index is 0. The SMILES string of the molecule is CC(C1CCN(c2ncnc3c2CCNCC3)CC1)N1CCOCC1.Cl.Cl. The van der Waals surface area contributed by atoms with Gasteiger partial charge in [0.15, 0.2) is 0 Å². The van der Waals surface area contributed by atoms with Gasteiger partial charge in [0, 0.05) is 50.7 Å². The van der Waals surface area contributed by atoms with Gasteiger partial charge < -0.3 is 15.0 Å². The predicted octanol–water partition coefficient (Wildman–Crippen LogP) is 1.95. The summed E-state index contributed by atoms with van der Waals surface area (Å²) in [5.41, 5.74) is 2.63. The number of hydrogen-bond acceptors (Lipinski definition) is 6. The van der Waals surface area contributed by atoms with Crippen molar-refractivity contribution in [3.63, 3.8) is 0 Å². The van der Waals surface area contributed by atoms with E-state index in [0.29, 0.717) is 6.04 Å². The number of halogens is 2. The zero-order chi connectivity index (χ0) is 17.1. The number of fused-ring (bicyclic) bond motifs is 1. The molecule has 0 bridgehead atoms. The first-order valence-corrected chi connectivity index (χ1v) is 9.93. The van der Waals surface area contributed by atoms with Gasteiger partial charge in [0.25, 0.3) is 0 Å². The summed E-state index contributed by atoms with van der Waals surface area (Å²) >= 11 is 0. The molecule has 0 aromatic carbocycles. The fourth-order valence-corrected chi connectivity index (χ4v) is 4.60. The summed E-state index contributed by atoms with van der Waals surface area (Å²) < 4.78 is 5.51. The standard InChI is InChI=1S/C19H31N5O.2ClH/c1-15(23-10-12-25-13-11-23)16-4-8-24(9-5-16)19-17-2-6-20-7-3-18(17)21-14-22-19;;/h14-16,20H,2-13H2,1H3;2*1H. The van der Waals surface area contributed by atoms with Crippen molar-refractivity contribution in [2.45, 2.75) is 38.6 Å². The molecule has 0 spiro atoms. The maximum atomic E-state index is 5.51. The van der Waals surface area contributed by atoms with Crippen LogP contribution >= 0.6 is 24.8 Å². The van der Waals surface area contributed by atoms with Gasteiger partial charge in [0.2, 0.25) is 0 Å². The zero-order valence-corrected chi connectivity index (χ0v) is 17.9. The van der Waals surface area contributed by atoms with Crippen molar-refractivity contribution >= 4 is 30.6 Å². The molecule has 1 N–H and O–H groups in total. The van der Waals surface area contributed by atoms with E-state index in [1.807, 2.05) is 0 Å². The second kappa shape index (κ2) is 10.8. The van der Waals surface area contributed by atoms with Crippen molar-refractivity contribution in [1.82, 2.24) is 20.2 Å². The Kier molecular flexibility index (Phi) is 9.02. The van der Waals surface area contributed by atoms with Crippen LogP contribution in [-0.4, -0.2) is 73.4 Å². The Hall–Kier alpha value is -0.660. The van der Waals surface area contributed by atoms with Crippen LogP contribution in [0.15, 0.2) is 6.33 Å². The van der Waals surface area contributed by atoms with Gasteiger partial charge in [0.05, 0.1) is 18.9 Å². The van der Waals surface area contributed by atoms with Gasteiger partial charge in [0.1, 0.15) is 12.1 Å². The summed E-state index contributed by atoms with van der Waals surface area (Å²) in [5.74, 6) is 1.99. The second-order valence-electron chi connectivity index (χ2n) is 7.59. The average Bonchev–Trinajstić information content (AvgIpc) is 2.94. The first kappa shape index (κ1) is 22.6. The smallest absolute Gasteiger partial charge is 0.135 e. The summed E-state index contributed by atoms with van der Waals surface area (Å²) in [6, 6.07) is 0.665. The molecule has 3 aliphatic rings. The number of ether oxygens (including phenoxy) is 1. The number of anilines is 1. The first-order chi connectivity index (χ1) is 12.3. The van der Waals surface area contributed by atoms with E-state index in [-0.39, 0.29) is 24.8 Å². The van der Waals surface area contributed by atoms with Gasteiger partial charge in [-0.15, -0.1) is 24.8 Å². The largest absolute Gasteiger partial charge is 0.379 e. The molecule has 1 aromatic rings. The Morgan fingerprint density at radius 2 is 1.74 bits per heavy atom. The highest BCUT2D eigenvalue weighted by atomic mass is 35.5. The number of nitrogens with zero attached hydrogens (tertiary/aromatic N) is 4. The highest BCUT2D eigenvalue weighted by Crippen LogP contribution is 2.29. The van der Waals surface area contributed by atoms with Crippen LogP contribution < -0.4 is 10.2 Å². The molecular formula is C19H33Cl2N5O. The van der Waals surface area contributed by atoms with Crippen LogP contribution in [0, 0.1) is 5.92 Å². The third kappa shape index (κ3) is 5.24. The number of piperidine rings is 1. The lowest BCUT2D eigenvalue weighted by Gasteiger charge is -2.41. The average molecular weight is 418 g/mol. The van der Waals surface area contributed by atoms with Crippen LogP contribution in [0.2, 0.25) is 0 Å². The minimum atomic E-state index is 0. The molecule has 154 valence electrons. The molecule has 4 rings (SSSR count). The van der Waals surface area contributed by atoms with E-state index in [4.69, 9.17) is 4.74 Å². The van der Waals surface area contributed by atoms with Gasteiger partial charge in [-0.2, -0.15) is 0 Å². The number of rotatable bonds is 3. The lowest BCUT2D eigenvalue weighted by molar-refractivity contribution is 0.00447. The molecule has 6 nitrogen and oxygen atoms in total. The van der Waals surface area contributed by atoms with E-state index in [2.05, 4.69) is 32.0 Å². The molecule has 0 amide bonds. The van der Waals surface area contributed by atoms with Crippen molar-refractivity contribution in [3.8, 4) is 0 Å². The molecule has 1 aromatic heterocycles. The van der Waals surface area contributed by atoms with Crippen molar-refractivity contribution in [3.05, 3.63) is 17.6 Å².